The molecule has 0 saturated carbocycles. The van der Waals surface area contributed by atoms with E-state index in [-0.39, 0.29) is 5.91 Å². The van der Waals surface area contributed by atoms with Gasteiger partial charge in [0.2, 0.25) is 0 Å². The van der Waals surface area contributed by atoms with E-state index in [1.54, 1.807) is 18.9 Å². The quantitative estimate of drug-likeness (QED) is 0.679. The topological polar surface area (TPSA) is 56.6 Å². The van der Waals surface area contributed by atoms with Crippen molar-refractivity contribution in [2.45, 2.75) is 12.8 Å². The molecule has 0 radical (unpaired) electrons. The van der Waals surface area contributed by atoms with Crippen LogP contribution in [0.15, 0.2) is 54.6 Å². The number of hydrogen-bond donors (Lipinski definition) is 0. The zero-order valence-corrected chi connectivity index (χ0v) is 16.1. The summed E-state index contributed by atoms with van der Waals surface area (Å²) >= 11 is 0. The first-order valence-electron chi connectivity index (χ1n) is 9.38. The maximum Gasteiger partial charge on any atom is 0.272 e. The Morgan fingerprint density at radius 2 is 1.64 bits per heavy atom. The molecule has 0 unspecified atom stereocenters. The number of rotatable bonds is 5. The second kappa shape index (κ2) is 7.76. The lowest BCUT2D eigenvalue weighted by atomic mass is 10.1. The molecule has 0 aliphatic carbocycles. The molecule has 6 nitrogen and oxygen atoms in total. The average Bonchev–Trinajstić information content (AvgIpc) is 3.44. The molecule has 1 aliphatic heterocycles. The van der Waals surface area contributed by atoms with Gasteiger partial charge in [0.15, 0.2) is 0 Å². The van der Waals surface area contributed by atoms with Crippen LogP contribution in [0.4, 0.5) is 0 Å². The van der Waals surface area contributed by atoms with Crippen molar-refractivity contribution in [2.24, 2.45) is 0 Å². The lowest BCUT2D eigenvalue weighted by Crippen LogP contribution is -2.29. The van der Waals surface area contributed by atoms with Gasteiger partial charge in [-0.15, -0.1) is 0 Å². The number of amides is 1. The third kappa shape index (κ3) is 3.45. The molecule has 1 fully saturated rings. The Morgan fingerprint density at radius 1 is 0.929 bits per heavy atom. The van der Waals surface area contributed by atoms with Crippen LogP contribution in [0.1, 0.15) is 23.3 Å². The van der Waals surface area contributed by atoms with Crippen LogP contribution in [0.25, 0.3) is 16.9 Å². The maximum atomic E-state index is 13.1. The number of likely N-dealkylation sites (tertiary alicyclic amines) is 1. The molecule has 0 atom stereocenters. The summed E-state index contributed by atoms with van der Waals surface area (Å²) < 4.78 is 12.3. The predicted molar refractivity (Wildman–Crippen MR) is 107 cm³/mol. The van der Waals surface area contributed by atoms with Gasteiger partial charge >= 0.3 is 0 Å². The monoisotopic (exact) mass is 377 g/mol. The molecule has 1 amide bonds. The number of carbonyl (C=O) groups is 1. The zero-order chi connectivity index (χ0) is 19.5. The Kier molecular flexibility index (Phi) is 5.02. The van der Waals surface area contributed by atoms with E-state index in [1.165, 1.54) is 0 Å². The highest BCUT2D eigenvalue weighted by Crippen LogP contribution is 2.27. The van der Waals surface area contributed by atoms with Gasteiger partial charge in [-0.05, 0) is 55.3 Å². The normalized spacial score (nSPS) is 13.6. The van der Waals surface area contributed by atoms with Gasteiger partial charge in [-0.25, -0.2) is 4.68 Å². The number of aromatic nitrogens is 2. The fourth-order valence-electron chi connectivity index (χ4n) is 3.46. The minimum atomic E-state index is 0.00923. The van der Waals surface area contributed by atoms with Gasteiger partial charge in [0, 0.05) is 18.7 Å². The average molecular weight is 377 g/mol. The molecule has 1 saturated heterocycles. The van der Waals surface area contributed by atoms with E-state index in [4.69, 9.17) is 14.6 Å². The molecule has 2 aromatic carbocycles. The summed E-state index contributed by atoms with van der Waals surface area (Å²) in [5.41, 5.74) is 3.02. The Hall–Kier alpha value is -3.28. The Morgan fingerprint density at radius 3 is 2.32 bits per heavy atom. The molecule has 0 spiro atoms. The van der Waals surface area contributed by atoms with Gasteiger partial charge in [-0.3, -0.25) is 4.79 Å². The Labute approximate surface area is 164 Å². The first-order chi connectivity index (χ1) is 13.7. The highest BCUT2D eigenvalue weighted by atomic mass is 16.5. The second-order valence-electron chi connectivity index (χ2n) is 6.76. The molecule has 28 heavy (non-hydrogen) atoms. The van der Waals surface area contributed by atoms with E-state index in [2.05, 4.69) is 0 Å². The first-order valence-corrected chi connectivity index (χ1v) is 9.38. The number of benzene rings is 2. The summed E-state index contributed by atoms with van der Waals surface area (Å²) in [4.78, 5) is 15.0. The molecule has 144 valence electrons. The van der Waals surface area contributed by atoms with Crippen molar-refractivity contribution in [3.63, 3.8) is 0 Å². The fourth-order valence-corrected chi connectivity index (χ4v) is 3.46. The summed E-state index contributed by atoms with van der Waals surface area (Å²) in [6.45, 7) is 1.59. The molecule has 6 heteroatoms. The number of carbonyl (C=O) groups excluding carboxylic acids is 1. The smallest absolute Gasteiger partial charge is 0.272 e. The fraction of sp³-hybridized carbons (Fsp3) is 0.273. The highest BCUT2D eigenvalue weighted by Gasteiger charge is 2.25. The van der Waals surface area contributed by atoms with Crippen molar-refractivity contribution in [3.05, 3.63) is 60.3 Å². The van der Waals surface area contributed by atoms with Crippen LogP contribution in [-0.4, -0.2) is 47.9 Å². The van der Waals surface area contributed by atoms with Crippen LogP contribution >= 0.6 is 0 Å². The summed E-state index contributed by atoms with van der Waals surface area (Å²) in [5, 5.41) is 4.75. The summed E-state index contributed by atoms with van der Waals surface area (Å²) in [5.74, 6) is 1.52. The van der Waals surface area contributed by atoms with E-state index in [1.807, 2.05) is 59.5 Å². The van der Waals surface area contributed by atoms with Crippen LogP contribution in [0.2, 0.25) is 0 Å². The van der Waals surface area contributed by atoms with E-state index in [0.717, 1.165) is 54.4 Å². The molecule has 1 aromatic heterocycles. The van der Waals surface area contributed by atoms with E-state index in [9.17, 15) is 4.79 Å². The lowest BCUT2D eigenvalue weighted by Gasteiger charge is -2.16. The molecule has 0 bridgehead atoms. The van der Waals surface area contributed by atoms with Gasteiger partial charge < -0.3 is 14.4 Å². The Balaban J connectivity index is 1.79. The van der Waals surface area contributed by atoms with Crippen molar-refractivity contribution in [1.29, 1.82) is 0 Å². The van der Waals surface area contributed by atoms with Gasteiger partial charge in [0.25, 0.3) is 5.91 Å². The molecule has 3 aromatic rings. The van der Waals surface area contributed by atoms with Crippen molar-refractivity contribution >= 4 is 5.91 Å². The molecule has 2 heterocycles. The van der Waals surface area contributed by atoms with Gasteiger partial charge in [-0.1, -0.05) is 12.1 Å². The molecule has 4 rings (SSSR count). The molecular formula is C22H23N3O3. The standard InChI is InChI=1S/C22H23N3O3/c1-27-18-10-8-17(9-11-18)25-21(22(26)24-12-3-4-13-24)15-20(23-25)16-6-5-7-19(14-16)28-2/h5-11,14-15H,3-4,12-13H2,1-2H3. The van der Waals surface area contributed by atoms with Gasteiger partial charge in [0.1, 0.15) is 17.2 Å². The van der Waals surface area contributed by atoms with Crippen molar-refractivity contribution in [2.75, 3.05) is 27.3 Å². The van der Waals surface area contributed by atoms with E-state index in [0.29, 0.717) is 5.69 Å². The SMILES string of the molecule is COc1ccc(-n2nc(-c3cccc(OC)c3)cc2C(=O)N2CCCC2)cc1. The van der Waals surface area contributed by atoms with Crippen molar-refractivity contribution in [3.8, 4) is 28.4 Å². The van der Waals surface area contributed by atoms with E-state index < -0.39 is 0 Å². The Bertz CT molecular complexity index is 973. The number of methoxy groups -OCH3 is 2. The highest BCUT2D eigenvalue weighted by molar-refractivity contribution is 5.94. The number of nitrogens with zero attached hydrogens (tertiary/aromatic N) is 3. The van der Waals surface area contributed by atoms with Crippen LogP contribution in [0, 0.1) is 0 Å². The van der Waals surface area contributed by atoms with Gasteiger partial charge in [-0.2, -0.15) is 5.10 Å². The molecular weight excluding hydrogens is 354 g/mol. The minimum Gasteiger partial charge on any atom is -0.497 e. The van der Waals surface area contributed by atoms with Crippen LogP contribution in [0.5, 0.6) is 11.5 Å². The predicted octanol–water partition coefficient (Wildman–Crippen LogP) is 3.79. The third-order valence-corrected chi connectivity index (χ3v) is 5.00. The summed E-state index contributed by atoms with van der Waals surface area (Å²) in [6.07, 6.45) is 2.09. The zero-order valence-electron chi connectivity index (χ0n) is 16.1. The van der Waals surface area contributed by atoms with Crippen LogP contribution < -0.4 is 9.47 Å². The van der Waals surface area contributed by atoms with Crippen molar-refractivity contribution in [1.82, 2.24) is 14.7 Å². The largest absolute Gasteiger partial charge is 0.497 e. The lowest BCUT2D eigenvalue weighted by molar-refractivity contribution is 0.0784. The van der Waals surface area contributed by atoms with E-state index >= 15 is 0 Å². The maximum absolute atomic E-state index is 13.1. The summed E-state index contributed by atoms with van der Waals surface area (Å²) in [7, 11) is 3.27. The third-order valence-electron chi connectivity index (χ3n) is 5.00. The number of ether oxygens (including phenoxy) is 2. The molecule has 1 aliphatic rings. The number of hydrogen-bond acceptors (Lipinski definition) is 4. The van der Waals surface area contributed by atoms with Crippen LogP contribution in [0.3, 0.4) is 0 Å². The minimum absolute atomic E-state index is 0.00923. The molecule has 0 N–H and O–H groups in total. The first kappa shape index (κ1) is 18.1. The van der Waals surface area contributed by atoms with Crippen molar-refractivity contribution < 1.29 is 14.3 Å². The second-order valence-corrected chi connectivity index (χ2v) is 6.76. The summed E-state index contributed by atoms with van der Waals surface area (Å²) in [6, 6.07) is 17.1. The van der Waals surface area contributed by atoms with Gasteiger partial charge in [0.05, 0.1) is 25.6 Å². The van der Waals surface area contributed by atoms with Crippen LogP contribution in [-0.2, 0) is 0 Å².